The molecule has 24 heavy (non-hydrogen) atoms. The zero-order chi connectivity index (χ0) is 17.1. The zero-order valence-corrected chi connectivity index (χ0v) is 14.2. The van der Waals surface area contributed by atoms with Crippen LogP contribution in [-0.4, -0.2) is 31.2 Å². The van der Waals surface area contributed by atoms with E-state index in [9.17, 15) is 13.6 Å². The fraction of sp³-hybridized carbons (Fsp3) is 0.600. The van der Waals surface area contributed by atoms with Gasteiger partial charge in [0.05, 0.1) is 10.6 Å². The molecule has 0 unspecified atom stereocenters. The van der Waals surface area contributed by atoms with Gasteiger partial charge in [-0.1, -0.05) is 10.9 Å². The van der Waals surface area contributed by atoms with Gasteiger partial charge in [-0.15, -0.1) is 5.10 Å². The van der Waals surface area contributed by atoms with E-state index in [-0.39, 0.29) is 12.3 Å². The Morgan fingerprint density at radius 3 is 2.62 bits per heavy atom. The summed E-state index contributed by atoms with van der Waals surface area (Å²) in [5, 5.41) is 11.3. The SMILES string of the molecule is Cc1nnsc1-c1nn(C)c(NC(=O)[C@@H]2CC2(F)F)c1C1CCC1. The van der Waals surface area contributed by atoms with Crippen molar-refractivity contribution in [2.45, 2.75) is 44.4 Å². The van der Waals surface area contributed by atoms with E-state index in [1.54, 1.807) is 11.7 Å². The van der Waals surface area contributed by atoms with Gasteiger partial charge in [0.2, 0.25) is 5.91 Å². The van der Waals surface area contributed by atoms with Gasteiger partial charge >= 0.3 is 0 Å². The predicted molar refractivity (Wildman–Crippen MR) is 85.1 cm³/mol. The zero-order valence-electron chi connectivity index (χ0n) is 13.3. The summed E-state index contributed by atoms with van der Waals surface area (Å²) in [7, 11) is 1.72. The number of aryl methyl sites for hydroxylation is 2. The molecule has 4 rings (SSSR count). The van der Waals surface area contributed by atoms with Gasteiger partial charge in [-0.05, 0) is 37.2 Å². The Bertz CT molecular complexity index is 811. The Morgan fingerprint density at radius 1 is 1.42 bits per heavy atom. The van der Waals surface area contributed by atoms with E-state index in [1.165, 1.54) is 11.5 Å². The van der Waals surface area contributed by atoms with Crippen molar-refractivity contribution in [3.05, 3.63) is 11.3 Å². The number of nitrogens with one attached hydrogen (secondary N) is 1. The lowest BCUT2D eigenvalue weighted by Gasteiger charge is -2.26. The lowest BCUT2D eigenvalue weighted by Crippen LogP contribution is -2.21. The number of hydrogen-bond donors (Lipinski definition) is 1. The molecule has 1 N–H and O–H groups in total. The van der Waals surface area contributed by atoms with Crippen molar-refractivity contribution >= 4 is 23.3 Å². The van der Waals surface area contributed by atoms with Crippen LogP contribution in [0.3, 0.4) is 0 Å². The fourth-order valence-corrected chi connectivity index (χ4v) is 3.75. The third-order valence-corrected chi connectivity index (χ3v) is 5.68. The molecule has 2 fully saturated rings. The highest BCUT2D eigenvalue weighted by atomic mass is 32.1. The topological polar surface area (TPSA) is 72.7 Å². The molecule has 9 heteroatoms. The molecule has 2 aliphatic rings. The van der Waals surface area contributed by atoms with Crippen molar-refractivity contribution in [2.75, 3.05) is 5.32 Å². The molecule has 128 valence electrons. The Balaban J connectivity index is 1.72. The summed E-state index contributed by atoms with van der Waals surface area (Å²) in [5.74, 6) is -3.92. The van der Waals surface area contributed by atoms with E-state index < -0.39 is 17.7 Å². The molecular weight excluding hydrogens is 336 g/mol. The second-order valence-corrected chi connectivity index (χ2v) is 7.31. The third-order valence-electron chi connectivity index (χ3n) is 4.85. The minimum Gasteiger partial charge on any atom is -0.310 e. The van der Waals surface area contributed by atoms with Crippen LogP contribution in [0.1, 0.15) is 42.9 Å². The number of anilines is 1. The standard InChI is InChI=1S/C15H17F2N5OS/c1-7-12(24-21-19-7)11-10(8-4-3-5-8)13(22(2)20-11)18-14(23)9-6-15(9,16)17/h8-9H,3-6H2,1-2H3,(H,18,23)/t9-/m0/s1. The van der Waals surface area contributed by atoms with Crippen LogP contribution >= 0.6 is 11.5 Å². The van der Waals surface area contributed by atoms with Gasteiger partial charge in [0.1, 0.15) is 17.4 Å². The van der Waals surface area contributed by atoms with Gasteiger partial charge < -0.3 is 5.32 Å². The molecule has 0 aliphatic heterocycles. The molecule has 2 aliphatic carbocycles. The van der Waals surface area contributed by atoms with Gasteiger partial charge in [0.25, 0.3) is 5.92 Å². The maximum Gasteiger partial charge on any atom is 0.260 e. The number of nitrogens with zero attached hydrogens (tertiary/aromatic N) is 4. The van der Waals surface area contributed by atoms with E-state index in [0.717, 1.165) is 41.1 Å². The van der Waals surface area contributed by atoms with E-state index in [2.05, 4.69) is 20.0 Å². The number of rotatable bonds is 4. The minimum absolute atomic E-state index is 0.283. The normalized spacial score (nSPS) is 22.2. The second kappa shape index (κ2) is 5.30. The van der Waals surface area contributed by atoms with Gasteiger partial charge in [-0.2, -0.15) is 5.10 Å². The van der Waals surface area contributed by atoms with Crippen molar-refractivity contribution in [2.24, 2.45) is 13.0 Å². The van der Waals surface area contributed by atoms with Crippen LogP contribution in [0.5, 0.6) is 0 Å². The van der Waals surface area contributed by atoms with Crippen molar-refractivity contribution in [1.29, 1.82) is 0 Å². The highest BCUT2D eigenvalue weighted by molar-refractivity contribution is 7.09. The molecule has 6 nitrogen and oxygen atoms in total. The molecule has 0 radical (unpaired) electrons. The van der Waals surface area contributed by atoms with Crippen molar-refractivity contribution in [3.8, 4) is 10.6 Å². The highest BCUT2D eigenvalue weighted by Crippen LogP contribution is 2.50. The minimum atomic E-state index is -2.87. The second-order valence-electron chi connectivity index (χ2n) is 6.56. The van der Waals surface area contributed by atoms with E-state index in [0.29, 0.717) is 5.82 Å². The summed E-state index contributed by atoms with van der Waals surface area (Å²) in [6.07, 6.45) is 2.76. The summed E-state index contributed by atoms with van der Waals surface area (Å²) in [6.45, 7) is 1.86. The maximum absolute atomic E-state index is 13.2. The van der Waals surface area contributed by atoms with Crippen molar-refractivity contribution in [1.82, 2.24) is 19.4 Å². The van der Waals surface area contributed by atoms with Gasteiger partial charge in [-0.3, -0.25) is 9.48 Å². The molecule has 2 heterocycles. The molecule has 0 saturated heterocycles. The Labute approximate surface area is 141 Å². The van der Waals surface area contributed by atoms with Gasteiger partial charge in [0, 0.05) is 19.0 Å². The highest BCUT2D eigenvalue weighted by Gasteiger charge is 2.61. The number of alkyl halides is 2. The lowest BCUT2D eigenvalue weighted by atomic mass is 9.79. The van der Waals surface area contributed by atoms with Crippen LogP contribution in [-0.2, 0) is 11.8 Å². The van der Waals surface area contributed by atoms with Gasteiger partial charge in [0.15, 0.2) is 0 Å². The molecule has 1 atom stereocenters. The van der Waals surface area contributed by atoms with Crippen LogP contribution < -0.4 is 5.32 Å². The largest absolute Gasteiger partial charge is 0.310 e. The molecule has 0 spiro atoms. The number of carbonyl (C=O) groups is 1. The molecule has 1 amide bonds. The number of amides is 1. The molecular formula is C15H17F2N5OS. The van der Waals surface area contributed by atoms with Crippen LogP contribution in [0.2, 0.25) is 0 Å². The first-order valence-electron chi connectivity index (χ1n) is 7.93. The van der Waals surface area contributed by atoms with E-state index >= 15 is 0 Å². The van der Waals surface area contributed by atoms with Crippen LogP contribution in [0, 0.1) is 12.8 Å². The average molecular weight is 353 g/mol. The van der Waals surface area contributed by atoms with Crippen LogP contribution in [0.25, 0.3) is 10.6 Å². The fourth-order valence-electron chi connectivity index (χ4n) is 3.09. The van der Waals surface area contributed by atoms with Crippen molar-refractivity contribution < 1.29 is 13.6 Å². The third kappa shape index (κ3) is 2.42. The quantitative estimate of drug-likeness (QED) is 0.917. The number of carbonyl (C=O) groups excluding carboxylic acids is 1. The van der Waals surface area contributed by atoms with Crippen LogP contribution in [0.15, 0.2) is 0 Å². The summed E-state index contributed by atoms with van der Waals surface area (Å²) in [4.78, 5) is 13.0. The van der Waals surface area contributed by atoms with E-state index in [1.807, 2.05) is 6.92 Å². The smallest absolute Gasteiger partial charge is 0.260 e. The monoisotopic (exact) mass is 353 g/mol. The van der Waals surface area contributed by atoms with Crippen molar-refractivity contribution in [3.63, 3.8) is 0 Å². The molecule has 0 aromatic carbocycles. The predicted octanol–water partition coefficient (Wildman–Crippen LogP) is 3.11. The Kier molecular flexibility index (Phi) is 3.45. The first-order valence-corrected chi connectivity index (χ1v) is 8.70. The number of halogens is 2. The average Bonchev–Trinajstić information content (AvgIpc) is 2.76. The maximum atomic E-state index is 13.2. The number of hydrogen-bond acceptors (Lipinski definition) is 5. The first kappa shape index (κ1) is 15.6. The summed E-state index contributed by atoms with van der Waals surface area (Å²) >= 11 is 1.26. The molecule has 2 saturated carbocycles. The van der Waals surface area contributed by atoms with E-state index in [4.69, 9.17) is 0 Å². The van der Waals surface area contributed by atoms with Crippen LogP contribution in [0.4, 0.5) is 14.6 Å². The summed E-state index contributed by atoms with van der Waals surface area (Å²) in [6, 6.07) is 0. The summed E-state index contributed by atoms with van der Waals surface area (Å²) < 4.78 is 31.9. The molecule has 2 aromatic rings. The number of aromatic nitrogens is 4. The molecule has 2 aromatic heterocycles. The summed E-state index contributed by atoms with van der Waals surface area (Å²) in [5.41, 5.74) is 2.47. The van der Waals surface area contributed by atoms with Gasteiger partial charge in [-0.25, -0.2) is 8.78 Å². The molecule has 0 bridgehead atoms. The first-order chi connectivity index (χ1) is 11.4. The Hall–Kier alpha value is -1.90. The Morgan fingerprint density at radius 2 is 2.12 bits per heavy atom. The lowest BCUT2D eigenvalue weighted by molar-refractivity contribution is -0.119.